The van der Waals surface area contributed by atoms with Crippen molar-refractivity contribution in [1.82, 2.24) is 0 Å². The predicted molar refractivity (Wildman–Crippen MR) is 91.0 cm³/mol. The molecular formula is C19H34O4. The first-order valence-electron chi connectivity index (χ1n) is 9.37. The minimum Gasteiger partial charge on any atom is -0.466 e. The van der Waals surface area contributed by atoms with Crippen LogP contribution in [0.2, 0.25) is 0 Å². The highest BCUT2D eigenvalue weighted by molar-refractivity contribution is 5.75. The van der Waals surface area contributed by atoms with Crippen LogP contribution in [0, 0.1) is 17.8 Å². The summed E-state index contributed by atoms with van der Waals surface area (Å²) in [5.74, 6) is 0.536. The van der Waals surface area contributed by atoms with Crippen LogP contribution in [0.1, 0.15) is 78.6 Å². The quantitative estimate of drug-likeness (QED) is 0.438. The van der Waals surface area contributed by atoms with Gasteiger partial charge in [0.1, 0.15) is 0 Å². The predicted octanol–water partition coefficient (Wildman–Crippen LogP) is 4.51. The van der Waals surface area contributed by atoms with Crippen LogP contribution in [0.5, 0.6) is 0 Å². The fraction of sp³-hybridized carbons (Fsp3) is 0.895. The zero-order chi connectivity index (χ0) is 17.1. The molecule has 0 aromatic rings. The van der Waals surface area contributed by atoms with Crippen molar-refractivity contribution in [1.29, 1.82) is 0 Å². The van der Waals surface area contributed by atoms with E-state index >= 15 is 0 Å². The molecule has 1 fully saturated rings. The normalized spacial score (nSPS) is 21.2. The maximum Gasteiger partial charge on any atom is 0.308 e. The molecule has 0 atom stereocenters. The van der Waals surface area contributed by atoms with Crippen molar-refractivity contribution < 1.29 is 19.1 Å². The largest absolute Gasteiger partial charge is 0.466 e. The molecule has 0 aliphatic heterocycles. The molecule has 0 saturated heterocycles. The van der Waals surface area contributed by atoms with Crippen molar-refractivity contribution in [2.45, 2.75) is 78.6 Å². The van der Waals surface area contributed by atoms with Crippen LogP contribution in [0.3, 0.4) is 0 Å². The molecule has 0 N–H and O–H groups in total. The van der Waals surface area contributed by atoms with E-state index in [-0.39, 0.29) is 23.8 Å². The molecule has 0 bridgehead atoms. The highest BCUT2D eigenvalue weighted by Gasteiger charge is 2.31. The number of carbonyl (C=O) groups is 2. The van der Waals surface area contributed by atoms with Crippen LogP contribution in [-0.2, 0) is 19.1 Å². The van der Waals surface area contributed by atoms with E-state index in [4.69, 9.17) is 9.47 Å². The van der Waals surface area contributed by atoms with Gasteiger partial charge in [0.2, 0.25) is 0 Å². The molecule has 134 valence electrons. The monoisotopic (exact) mass is 326 g/mol. The van der Waals surface area contributed by atoms with Crippen molar-refractivity contribution in [3.05, 3.63) is 0 Å². The lowest BCUT2D eigenvalue weighted by Gasteiger charge is -2.25. The summed E-state index contributed by atoms with van der Waals surface area (Å²) in [6, 6.07) is 0. The first-order chi connectivity index (χ1) is 11.0. The molecule has 1 aliphatic rings. The van der Waals surface area contributed by atoms with Gasteiger partial charge in [0, 0.05) is 0 Å². The Labute approximate surface area is 141 Å². The van der Waals surface area contributed by atoms with E-state index in [0.717, 1.165) is 44.4 Å². The zero-order valence-electron chi connectivity index (χ0n) is 15.1. The second kappa shape index (κ2) is 11.5. The van der Waals surface area contributed by atoms with Gasteiger partial charge in [0.05, 0.1) is 25.0 Å². The van der Waals surface area contributed by atoms with Crippen molar-refractivity contribution in [3.63, 3.8) is 0 Å². The maximum atomic E-state index is 12.0. The smallest absolute Gasteiger partial charge is 0.308 e. The van der Waals surface area contributed by atoms with E-state index in [9.17, 15) is 9.59 Å². The summed E-state index contributed by atoms with van der Waals surface area (Å²) in [5, 5.41) is 0. The van der Waals surface area contributed by atoms with Gasteiger partial charge in [0.25, 0.3) is 0 Å². The molecule has 0 unspecified atom stereocenters. The van der Waals surface area contributed by atoms with Crippen LogP contribution >= 0.6 is 0 Å². The Bertz CT molecular complexity index is 343. The van der Waals surface area contributed by atoms with Gasteiger partial charge in [-0.2, -0.15) is 0 Å². The Hall–Kier alpha value is -1.06. The summed E-state index contributed by atoms with van der Waals surface area (Å²) < 4.78 is 10.4. The van der Waals surface area contributed by atoms with E-state index in [1.807, 2.05) is 6.92 Å². The number of unbranched alkanes of at least 4 members (excludes halogenated alkanes) is 3. The SMILES string of the molecule is CCOC(=O)C1CCC(C(=O)OCCCCCCC(C)C)CC1. The molecule has 1 rings (SSSR count). The lowest BCUT2D eigenvalue weighted by atomic mass is 9.82. The molecule has 0 radical (unpaired) electrons. The Morgan fingerprint density at radius 2 is 1.39 bits per heavy atom. The molecule has 23 heavy (non-hydrogen) atoms. The van der Waals surface area contributed by atoms with Crippen LogP contribution in [0.4, 0.5) is 0 Å². The molecule has 0 amide bonds. The Balaban J connectivity index is 2.07. The lowest BCUT2D eigenvalue weighted by molar-refractivity contribution is -0.155. The molecule has 1 aliphatic carbocycles. The summed E-state index contributed by atoms with van der Waals surface area (Å²) in [5.41, 5.74) is 0. The summed E-state index contributed by atoms with van der Waals surface area (Å²) >= 11 is 0. The summed E-state index contributed by atoms with van der Waals surface area (Å²) in [6.07, 6.45) is 8.85. The first-order valence-corrected chi connectivity index (χ1v) is 9.37. The van der Waals surface area contributed by atoms with Gasteiger partial charge in [0.15, 0.2) is 0 Å². The zero-order valence-corrected chi connectivity index (χ0v) is 15.1. The second-order valence-corrected chi connectivity index (χ2v) is 7.06. The van der Waals surface area contributed by atoms with E-state index in [1.54, 1.807) is 0 Å². The average molecular weight is 326 g/mol. The Morgan fingerprint density at radius 3 is 1.91 bits per heavy atom. The van der Waals surface area contributed by atoms with Gasteiger partial charge in [-0.15, -0.1) is 0 Å². The first kappa shape index (κ1) is 20.0. The fourth-order valence-corrected chi connectivity index (χ4v) is 3.12. The summed E-state index contributed by atoms with van der Waals surface area (Å²) in [7, 11) is 0. The van der Waals surface area contributed by atoms with E-state index in [2.05, 4.69) is 13.8 Å². The third-order valence-corrected chi connectivity index (χ3v) is 4.60. The second-order valence-electron chi connectivity index (χ2n) is 7.06. The highest BCUT2D eigenvalue weighted by Crippen LogP contribution is 2.30. The van der Waals surface area contributed by atoms with Gasteiger partial charge >= 0.3 is 11.9 Å². The lowest BCUT2D eigenvalue weighted by Crippen LogP contribution is -2.28. The molecule has 0 aromatic carbocycles. The maximum absolute atomic E-state index is 12.0. The van der Waals surface area contributed by atoms with Gasteiger partial charge < -0.3 is 9.47 Å². The van der Waals surface area contributed by atoms with Crippen LogP contribution in [0.25, 0.3) is 0 Å². The molecule has 0 heterocycles. The molecule has 0 spiro atoms. The number of hydrogen-bond acceptors (Lipinski definition) is 4. The molecule has 1 saturated carbocycles. The van der Waals surface area contributed by atoms with E-state index < -0.39 is 0 Å². The molecular weight excluding hydrogens is 292 g/mol. The van der Waals surface area contributed by atoms with E-state index in [0.29, 0.717) is 13.2 Å². The number of hydrogen-bond donors (Lipinski definition) is 0. The topological polar surface area (TPSA) is 52.6 Å². The Morgan fingerprint density at radius 1 is 0.870 bits per heavy atom. The van der Waals surface area contributed by atoms with Crippen LogP contribution < -0.4 is 0 Å². The minimum atomic E-state index is -0.110. The minimum absolute atomic E-state index is 0.0263. The fourth-order valence-electron chi connectivity index (χ4n) is 3.12. The molecule has 4 nitrogen and oxygen atoms in total. The average Bonchev–Trinajstić information content (AvgIpc) is 2.54. The van der Waals surface area contributed by atoms with Crippen molar-refractivity contribution in [3.8, 4) is 0 Å². The number of ether oxygens (including phenoxy) is 2. The van der Waals surface area contributed by atoms with Gasteiger partial charge in [-0.05, 0) is 44.9 Å². The highest BCUT2D eigenvalue weighted by atomic mass is 16.5. The molecule has 4 heteroatoms. The number of rotatable bonds is 10. The van der Waals surface area contributed by atoms with Gasteiger partial charge in [-0.3, -0.25) is 9.59 Å². The third-order valence-electron chi connectivity index (χ3n) is 4.60. The third kappa shape index (κ3) is 8.38. The van der Waals surface area contributed by atoms with Crippen molar-refractivity contribution in [2.24, 2.45) is 17.8 Å². The van der Waals surface area contributed by atoms with Crippen LogP contribution in [-0.4, -0.2) is 25.2 Å². The van der Waals surface area contributed by atoms with Gasteiger partial charge in [-0.1, -0.05) is 39.5 Å². The van der Waals surface area contributed by atoms with Gasteiger partial charge in [-0.25, -0.2) is 0 Å². The van der Waals surface area contributed by atoms with Crippen LogP contribution in [0.15, 0.2) is 0 Å². The number of esters is 2. The summed E-state index contributed by atoms with van der Waals surface area (Å²) in [6.45, 7) is 7.29. The summed E-state index contributed by atoms with van der Waals surface area (Å²) in [4.78, 5) is 23.7. The standard InChI is InChI=1S/C19H34O4/c1-4-22-18(20)16-10-12-17(13-11-16)19(21)23-14-8-6-5-7-9-15(2)3/h15-17H,4-14H2,1-3H3. The Kier molecular flexibility index (Phi) is 9.97. The van der Waals surface area contributed by atoms with E-state index in [1.165, 1.54) is 19.3 Å². The van der Waals surface area contributed by atoms with Crippen molar-refractivity contribution in [2.75, 3.05) is 13.2 Å². The van der Waals surface area contributed by atoms with Crippen molar-refractivity contribution >= 4 is 11.9 Å². The molecule has 0 aromatic heterocycles. The number of carbonyl (C=O) groups excluding carboxylic acids is 2.